The lowest BCUT2D eigenvalue weighted by atomic mass is 10.1. The standard InChI is InChI=1S/C20H17F6N3O3/c21-19(22,23)13-3-11(4-14(7-13)20(24,25)26)10-32-16-6-12-5-15(29-18(12)28-9-16)8-27-2-1-17(30)31/h3-7,9,27H,1-2,8,10H2,(H,28,29)(H,30,31). The summed E-state index contributed by atoms with van der Waals surface area (Å²) in [7, 11) is 0. The molecule has 0 saturated carbocycles. The smallest absolute Gasteiger partial charge is 0.416 e. The number of carboxylic acids is 1. The molecule has 0 bridgehead atoms. The number of alkyl halides is 6. The average Bonchev–Trinajstić information content (AvgIpc) is 3.10. The third-order valence-corrected chi connectivity index (χ3v) is 4.38. The molecule has 0 radical (unpaired) electrons. The third kappa shape index (κ3) is 6.13. The number of ether oxygens (including phenoxy) is 1. The van der Waals surface area contributed by atoms with E-state index in [1.165, 1.54) is 12.3 Å². The van der Waals surface area contributed by atoms with Crippen molar-refractivity contribution in [3.8, 4) is 5.75 Å². The molecule has 172 valence electrons. The van der Waals surface area contributed by atoms with Gasteiger partial charge < -0.3 is 20.1 Å². The number of rotatable bonds is 8. The van der Waals surface area contributed by atoms with Crippen molar-refractivity contribution in [2.75, 3.05) is 6.54 Å². The van der Waals surface area contributed by atoms with Crippen molar-refractivity contribution in [2.45, 2.75) is 31.9 Å². The predicted octanol–water partition coefficient (Wildman–Crippen LogP) is 4.74. The van der Waals surface area contributed by atoms with Gasteiger partial charge in [-0.05, 0) is 35.9 Å². The quantitative estimate of drug-likeness (QED) is 0.333. The number of carboxylic acid groups (broad SMARTS) is 1. The Morgan fingerprint density at radius 1 is 1.03 bits per heavy atom. The summed E-state index contributed by atoms with van der Waals surface area (Å²) < 4.78 is 83.2. The lowest BCUT2D eigenvalue weighted by Crippen LogP contribution is -2.17. The number of fused-ring (bicyclic) bond motifs is 1. The molecule has 1 aromatic carbocycles. The molecule has 3 N–H and O–H groups in total. The lowest BCUT2D eigenvalue weighted by Gasteiger charge is -2.14. The van der Waals surface area contributed by atoms with Crippen LogP contribution in [0.1, 0.15) is 28.8 Å². The monoisotopic (exact) mass is 461 g/mol. The normalized spacial score (nSPS) is 12.3. The minimum atomic E-state index is -4.93. The Balaban J connectivity index is 1.72. The summed E-state index contributed by atoms with van der Waals surface area (Å²) in [5, 5.41) is 12.2. The van der Waals surface area contributed by atoms with Crippen LogP contribution in [0.15, 0.2) is 36.5 Å². The zero-order chi connectivity index (χ0) is 23.5. The largest absolute Gasteiger partial charge is 0.487 e. The molecule has 6 nitrogen and oxygen atoms in total. The molecule has 0 fully saturated rings. The maximum atomic E-state index is 13.0. The van der Waals surface area contributed by atoms with Crippen molar-refractivity contribution < 1.29 is 41.0 Å². The average molecular weight is 461 g/mol. The molecule has 0 aliphatic carbocycles. The summed E-state index contributed by atoms with van der Waals surface area (Å²) in [4.78, 5) is 17.6. The third-order valence-electron chi connectivity index (χ3n) is 4.38. The topological polar surface area (TPSA) is 87.2 Å². The highest BCUT2D eigenvalue weighted by atomic mass is 19.4. The number of pyridine rings is 1. The molecule has 12 heteroatoms. The fourth-order valence-corrected chi connectivity index (χ4v) is 2.91. The van der Waals surface area contributed by atoms with Gasteiger partial charge >= 0.3 is 18.3 Å². The molecule has 3 rings (SSSR count). The molecule has 2 heterocycles. The van der Waals surface area contributed by atoms with Crippen molar-refractivity contribution in [3.05, 3.63) is 58.9 Å². The van der Waals surface area contributed by atoms with Gasteiger partial charge in [0, 0.05) is 24.2 Å². The van der Waals surface area contributed by atoms with Crippen LogP contribution in [0, 0.1) is 0 Å². The van der Waals surface area contributed by atoms with Crippen LogP contribution in [-0.2, 0) is 30.3 Å². The first-order valence-corrected chi connectivity index (χ1v) is 9.23. The Hall–Kier alpha value is -3.28. The van der Waals surface area contributed by atoms with E-state index >= 15 is 0 Å². The number of hydrogen-bond acceptors (Lipinski definition) is 4. The summed E-state index contributed by atoms with van der Waals surface area (Å²) in [5.74, 6) is -0.770. The van der Waals surface area contributed by atoms with Gasteiger partial charge in [0.15, 0.2) is 0 Å². The van der Waals surface area contributed by atoms with E-state index in [2.05, 4.69) is 15.3 Å². The van der Waals surface area contributed by atoms with Gasteiger partial charge in [0.2, 0.25) is 0 Å². The van der Waals surface area contributed by atoms with Crippen LogP contribution in [0.3, 0.4) is 0 Å². The molecular formula is C20H17F6N3O3. The van der Waals surface area contributed by atoms with Gasteiger partial charge in [-0.3, -0.25) is 4.79 Å². The highest BCUT2D eigenvalue weighted by Gasteiger charge is 2.36. The van der Waals surface area contributed by atoms with E-state index in [-0.39, 0.29) is 30.3 Å². The molecule has 0 unspecified atom stereocenters. The number of nitrogens with one attached hydrogen (secondary N) is 2. The maximum absolute atomic E-state index is 13.0. The van der Waals surface area contributed by atoms with Gasteiger partial charge in [-0.2, -0.15) is 26.3 Å². The number of benzene rings is 1. The van der Waals surface area contributed by atoms with E-state index in [9.17, 15) is 31.1 Å². The Labute approximate surface area is 177 Å². The molecule has 32 heavy (non-hydrogen) atoms. The highest BCUT2D eigenvalue weighted by Crippen LogP contribution is 2.36. The first-order valence-electron chi connectivity index (χ1n) is 9.23. The Kier molecular flexibility index (Phi) is 6.63. The van der Waals surface area contributed by atoms with Crippen LogP contribution >= 0.6 is 0 Å². The second kappa shape index (κ2) is 9.07. The summed E-state index contributed by atoms with van der Waals surface area (Å²) in [6.45, 7) is 0.0991. The van der Waals surface area contributed by atoms with Gasteiger partial charge in [-0.25, -0.2) is 4.98 Å². The minimum Gasteiger partial charge on any atom is -0.487 e. The number of aromatic nitrogens is 2. The van der Waals surface area contributed by atoms with Crippen molar-refractivity contribution in [2.24, 2.45) is 0 Å². The predicted molar refractivity (Wildman–Crippen MR) is 101 cm³/mol. The summed E-state index contributed by atoms with van der Waals surface area (Å²) in [5.41, 5.74) is -1.91. The molecule has 0 amide bonds. The van der Waals surface area contributed by atoms with E-state index in [0.717, 1.165) is 0 Å². The molecule has 0 spiro atoms. The summed E-state index contributed by atoms with van der Waals surface area (Å²) in [6, 6.07) is 4.53. The van der Waals surface area contributed by atoms with Crippen molar-refractivity contribution in [1.29, 1.82) is 0 Å². The van der Waals surface area contributed by atoms with Crippen LogP contribution in [0.4, 0.5) is 26.3 Å². The Morgan fingerprint density at radius 2 is 1.69 bits per heavy atom. The fourth-order valence-electron chi connectivity index (χ4n) is 2.91. The van der Waals surface area contributed by atoms with Gasteiger partial charge in [-0.1, -0.05) is 0 Å². The number of carbonyl (C=O) groups is 1. The van der Waals surface area contributed by atoms with Crippen LogP contribution in [0.2, 0.25) is 0 Å². The van der Waals surface area contributed by atoms with Crippen LogP contribution in [0.25, 0.3) is 11.0 Å². The van der Waals surface area contributed by atoms with Gasteiger partial charge in [0.1, 0.15) is 18.0 Å². The second-order valence-electron chi connectivity index (χ2n) is 6.93. The van der Waals surface area contributed by atoms with Gasteiger partial charge in [-0.15, -0.1) is 0 Å². The Morgan fingerprint density at radius 3 is 2.28 bits per heavy atom. The maximum Gasteiger partial charge on any atom is 0.416 e. The van der Waals surface area contributed by atoms with Crippen molar-refractivity contribution in [1.82, 2.24) is 15.3 Å². The van der Waals surface area contributed by atoms with Gasteiger partial charge in [0.25, 0.3) is 0 Å². The minimum absolute atomic E-state index is 0.0396. The fraction of sp³-hybridized carbons (Fsp3) is 0.300. The number of hydrogen-bond donors (Lipinski definition) is 3. The molecular weight excluding hydrogens is 444 g/mol. The first kappa shape index (κ1) is 23.4. The van der Waals surface area contributed by atoms with E-state index in [1.54, 1.807) is 6.07 Å². The number of aliphatic carboxylic acids is 1. The first-order chi connectivity index (χ1) is 14.9. The molecule has 0 aliphatic rings. The van der Waals surface area contributed by atoms with Crippen molar-refractivity contribution >= 4 is 17.0 Å². The molecule has 3 aromatic rings. The van der Waals surface area contributed by atoms with E-state index < -0.39 is 36.1 Å². The van der Waals surface area contributed by atoms with E-state index in [4.69, 9.17) is 9.84 Å². The molecule has 0 atom stereocenters. The summed E-state index contributed by atoms with van der Waals surface area (Å²) in [6.07, 6.45) is -8.62. The highest BCUT2D eigenvalue weighted by molar-refractivity contribution is 5.77. The second-order valence-corrected chi connectivity index (χ2v) is 6.93. The zero-order valence-corrected chi connectivity index (χ0v) is 16.3. The van der Waals surface area contributed by atoms with Crippen LogP contribution in [-0.4, -0.2) is 27.6 Å². The van der Waals surface area contributed by atoms with E-state index in [1.807, 2.05) is 0 Å². The van der Waals surface area contributed by atoms with E-state index in [0.29, 0.717) is 35.4 Å². The number of aromatic amines is 1. The number of H-pyrrole nitrogens is 1. The molecule has 0 saturated heterocycles. The lowest BCUT2D eigenvalue weighted by molar-refractivity contribution is -0.143. The Bertz CT molecular complexity index is 1080. The number of nitrogens with zero attached hydrogens (tertiary/aromatic N) is 1. The summed E-state index contributed by atoms with van der Waals surface area (Å²) >= 11 is 0. The molecule has 0 aliphatic heterocycles. The molecule has 2 aromatic heterocycles. The SMILES string of the molecule is O=C(O)CCNCc1cc2cc(OCc3cc(C(F)(F)F)cc(C(F)(F)F)c3)cnc2[nH]1. The van der Waals surface area contributed by atoms with Crippen LogP contribution in [0.5, 0.6) is 5.75 Å². The number of halogens is 6. The van der Waals surface area contributed by atoms with Crippen LogP contribution < -0.4 is 10.1 Å². The van der Waals surface area contributed by atoms with Gasteiger partial charge in [0.05, 0.1) is 23.7 Å². The van der Waals surface area contributed by atoms with Crippen molar-refractivity contribution in [3.63, 3.8) is 0 Å². The zero-order valence-electron chi connectivity index (χ0n) is 16.3.